The first-order chi connectivity index (χ1) is 15.1. The van der Waals surface area contributed by atoms with Crippen LogP contribution in [0.5, 0.6) is 17.4 Å². The fourth-order valence-corrected chi connectivity index (χ4v) is 3.77. The van der Waals surface area contributed by atoms with Crippen LogP contribution in [0.4, 0.5) is 0 Å². The number of ether oxygens (including phenoxy) is 2. The number of aliphatic imine (C=N–C) groups is 1. The van der Waals surface area contributed by atoms with Gasteiger partial charge in [0.25, 0.3) is 0 Å². The third kappa shape index (κ3) is 6.68. The SMILES string of the molecule is CCOc1ccccc1Oc1ccc(CNC(=NC)NCCc2nc(C)c(C)s2)cn1. The van der Waals surface area contributed by atoms with Crippen LogP contribution < -0.4 is 20.1 Å². The number of aromatic nitrogens is 2. The standard InChI is InChI=1S/C23H29N5O2S/c1-5-29-19-8-6-7-9-20(19)30-21-11-10-18(14-26-21)15-27-23(24-4)25-13-12-22-28-16(2)17(3)31-22/h6-11,14H,5,12-13,15H2,1-4H3,(H2,24,25,27). The Morgan fingerprint density at radius 1 is 1.10 bits per heavy atom. The second kappa shape index (κ2) is 11.3. The van der Waals surface area contributed by atoms with Crippen molar-refractivity contribution in [3.63, 3.8) is 0 Å². The molecular formula is C23H29N5O2S. The Balaban J connectivity index is 1.47. The number of hydrogen-bond acceptors (Lipinski definition) is 6. The van der Waals surface area contributed by atoms with Crippen molar-refractivity contribution in [2.24, 2.45) is 4.99 Å². The van der Waals surface area contributed by atoms with Crippen LogP contribution in [-0.4, -0.2) is 36.1 Å². The highest BCUT2D eigenvalue weighted by Crippen LogP contribution is 2.30. The number of nitrogens with zero attached hydrogens (tertiary/aromatic N) is 3. The number of pyridine rings is 1. The Labute approximate surface area is 187 Å². The van der Waals surface area contributed by atoms with Crippen molar-refractivity contribution in [2.45, 2.75) is 33.7 Å². The van der Waals surface area contributed by atoms with E-state index in [-0.39, 0.29) is 0 Å². The number of thiazole rings is 1. The second-order valence-electron chi connectivity index (χ2n) is 6.84. The van der Waals surface area contributed by atoms with Crippen molar-refractivity contribution in [3.05, 3.63) is 63.7 Å². The minimum absolute atomic E-state index is 0.521. The van der Waals surface area contributed by atoms with E-state index in [0.717, 1.165) is 35.2 Å². The van der Waals surface area contributed by atoms with Crippen molar-refractivity contribution in [1.29, 1.82) is 0 Å². The van der Waals surface area contributed by atoms with Crippen molar-refractivity contribution in [3.8, 4) is 17.4 Å². The number of nitrogens with one attached hydrogen (secondary N) is 2. The van der Waals surface area contributed by atoms with E-state index in [2.05, 4.69) is 32.5 Å². The largest absolute Gasteiger partial charge is 0.490 e. The lowest BCUT2D eigenvalue weighted by Gasteiger charge is -2.12. The summed E-state index contributed by atoms with van der Waals surface area (Å²) in [6.07, 6.45) is 2.66. The van der Waals surface area contributed by atoms with Gasteiger partial charge < -0.3 is 20.1 Å². The minimum atomic E-state index is 0.521. The summed E-state index contributed by atoms with van der Waals surface area (Å²) in [6, 6.07) is 11.4. The number of aryl methyl sites for hydroxylation is 2. The van der Waals surface area contributed by atoms with Crippen LogP contribution in [0.2, 0.25) is 0 Å². The number of rotatable bonds is 9. The van der Waals surface area contributed by atoms with Crippen LogP contribution in [0, 0.1) is 13.8 Å². The molecule has 31 heavy (non-hydrogen) atoms. The van der Waals surface area contributed by atoms with Gasteiger partial charge in [0.2, 0.25) is 5.88 Å². The first-order valence-corrected chi connectivity index (χ1v) is 11.1. The van der Waals surface area contributed by atoms with Gasteiger partial charge in [-0.1, -0.05) is 18.2 Å². The predicted molar refractivity (Wildman–Crippen MR) is 125 cm³/mol. The first-order valence-electron chi connectivity index (χ1n) is 10.3. The Morgan fingerprint density at radius 3 is 2.55 bits per heavy atom. The maximum Gasteiger partial charge on any atom is 0.219 e. The van der Waals surface area contributed by atoms with E-state index in [9.17, 15) is 0 Å². The molecule has 7 nitrogen and oxygen atoms in total. The minimum Gasteiger partial charge on any atom is -0.490 e. The Hall–Kier alpha value is -3.13. The molecule has 8 heteroatoms. The highest BCUT2D eigenvalue weighted by atomic mass is 32.1. The van der Waals surface area contributed by atoms with Gasteiger partial charge in [-0.15, -0.1) is 11.3 Å². The lowest BCUT2D eigenvalue weighted by molar-refractivity contribution is 0.319. The molecule has 0 aliphatic rings. The zero-order valence-corrected chi connectivity index (χ0v) is 19.3. The van der Waals surface area contributed by atoms with Crippen LogP contribution in [0.25, 0.3) is 0 Å². The van der Waals surface area contributed by atoms with E-state index < -0.39 is 0 Å². The molecule has 2 aromatic heterocycles. The highest BCUT2D eigenvalue weighted by Gasteiger charge is 2.07. The Morgan fingerprint density at radius 2 is 1.90 bits per heavy atom. The quantitative estimate of drug-likeness (QED) is 0.383. The number of para-hydroxylation sites is 2. The molecule has 0 amide bonds. The molecule has 0 saturated heterocycles. The van der Waals surface area contributed by atoms with Crippen molar-refractivity contribution in [1.82, 2.24) is 20.6 Å². The topological polar surface area (TPSA) is 80.7 Å². The molecule has 0 spiro atoms. The fraction of sp³-hybridized carbons (Fsp3) is 0.348. The van der Waals surface area contributed by atoms with Crippen LogP contribution in [0.15, 0.2) is 47.6 Å². The average Bonchev–Trinajstić information content (AvgIpc) is 3.10. The molecule has 0 radical (unpaired) electrons. The van der Waals surface area contributed by atoms with E-state index >= 15 is 0 Å². The molecule has 0 aliphatic heterocycles. The van der Waals surface area contributed by atoms with Gasteiger partial charge in [-0.2, -0.15) is 0 Å². The molecule has 2 heterocycles. The number of guanidine groups is 1. The monoisotopic (exact) mass is 439 g/mol. The lowest BCUT2D eigenvalue weighted by Crippen LogP contribution is -2.37. The molecule has 0 atom stereocenters. The summed E-state index contributed by atoms with van der Waals surface area (Å²) in [5, 5.41) is 7.77. The highest BCUT2D eigenvalue weighted by molar-refractivity contribution is 7.11. The molecule has 0 unspecified atom stereocenters. The molecule has 0 bridgehead atoms. The van der Waals surface area contributed by atoms with Gasteiger partial charge in [-0.05, 0) is 38.5 Å². The maximum atomic E-state index is 5.87. The first kappa shape index (κ1) is 22.6. The fourth-order valence-electron chi connectivity index (χ4n) is 2.84. The van der Waals surface area contributed by atoms with Gasteiger partial charge >= 0.3 is 0 Å². The maximum absolute atomic E-state index is 5.87. The Bertz CT molecular complexity index is 982. The van der Waals surface area contributed by atoms with Crippen LogP contribution in [0.1, 0.15) is 28.1 Å². The van der Waals surface area contributed by atoms with Gasteiger partial charge in [-0.25, -0.2) is 9.97 Å². The second-order valence-corrected chi connectivity index (χ2v) is 8.13. The van der Waals surface area contributed by atoms with Crippen LogP contribution in [0.3, 0.4) is 0 Å². The summed E-state index contributed by atoms with van der Waals surface area (Å²) in [4.78, 5) is 14.5. The van der Waals surface area contributed by atoms with E-state index in [1.54, 1.807) is 24.6 Å². The number of hydrogen-bond donors (Lipinski definition) is 2. The third-order valence-corrected chi connectivity index (χ3v) is 5.68. The van der Waals surface area contributed by atoms with E-state index in [1.165, 1.54) is 4.88 Å². The van der Waals surface area contributed by atoms with Gasteiger partial charge in [-0.3, -0.25) is 4.99 Å². The Kier molecular flexibility index (Phi) is 8.23. The summed E-state index contributed by atoms with van der Waals surface area (Å²) in [5.41, 5.74) is 2.14. The summed E-state index contributed by atoms with van der Waals surface area (Å²) in [7, 11) is 1.76. The molecule has 0 aliphatic carbocycles. The summed E-state index contributed by atoms with van der Waals surface area (Å²) < 4.78 is 11.5. The van der Waals surface area contributed by atoms with Crippen molar-refractivity contribution >= 4 is 17.3 Å². The summed E-state index contributed by atoms with van der Waals surface area (Å²) >= 11 is 1.75. The molecule has 3 aromatic rings. The molecule has 0 fully saturated rings. The van der Waals surface area contributed by atoms with Crippen molar-refractivity contribution in [2.75, 3.05) is 20.2 Å². The van der Waals surface area contributed by atoms with Gasteiger partial charge in [0.05, 0.1) is 17.3 Å². The van der Waals surface area contributed by atoms with Crippen molar-refractivity contribution < 1.29 is 9.47 Å². The van der Waals surface area contributed by atoms with E-state index in [0.29, 0.717) is 30.5 Å². The zero-order chi connectivity index (χ0) is 22.1. The molecular weight excluding hydrogens is 410 g/mol. The molecule has 164 valence electrons. The van der Waals surface area contributed by atoms with Crippen LogP contribution in [-0.2, 0) is 13.0 Å². The summed E-state index contributed by atoms with van der Waals surface area (Å²) in [5.74, 6) is 2.62. The smallest absolute Gasteiger partial charge is 0.219 e. The molecule has 2 N–H and O–H groups in total. The molecule has 1 aromatic carbocycles. The van der Waals surface area contributed by atoms with E-state index in [4.69, 9.17) is 9.47 Å². The predicted octanol–water partition coefficient (Wildman–Crippen LogP) is 4.25. The average molecular weight is 440 g/mol. The zero-order valence-electron chi connectivity index (χ0n) is 18.4. The lowest BCUT2D eigenvalue weighted by atomic mass is 10.3. The number of benzene rings is 1. The van der Waals surface area contributed by atoms with Gasteiger partial charge in [0.1, 0.15) is 0 Å². The third-order valence-electron chi connectivity index (χ3n) is 4.55. The van der Waals surface area contributed by atoms with Crippen LogP contribution >= 0.6 is 11.3 Å². The molecule has 3 rings (SSSR count). The summed E-state index contributed by atoms with van der Waals surface area (Å²) in [6.45, 7) is 8.06. The van der Waals surface area contributed by atoms with Gasteiger partial charge in [0, 0.05) is 43.7 Å². The van der Waals surface area contributed by atoms with Gasteiger partial charge in [0.15, 0.2) is 17.5 Å². The molecule has 0 saturated carbocycles. The van der Waals surface area contributed by atoms with E-state index in [1.807, 2.05) is 50.2 Å². The normalized spacial score (nSPS) is 11.3.